The Morgan fingerprint density at radius 2 is 2.21 bits per heavy atom. The number of aromatic nitrogens is 3. The van der Waals surface area contributed by atoms with Crippen LogP contribution in [0.2, 0.25) is 0 Å². The van der Waals surface area contributed by atoms with E-state index in [1.165, 1.54) is 5.56 Å². The number of aryl methyl sites for hydroxylation is 2. The van der Waals surface area contributed by atoms with Crippen LogP contribution < -0.4 is 5.32 Å². The number of hydrogen-bond donors (Lipinski definition) is 1. The third-order valence-electron chi connectivity index (χ3n) is 5.37. The summed E-state index contributed by atoms with van der Waals surface area (Å²) in [6.45, 7) is 4.94. The van der Waals surface area contributed by atoms with Gasteiger partial charge < -0.3 is 5.32 Å². The van der Waals surface area contributed by atoms with E-state index in [1.54, 1.807) is 11.3 Å². The molecule has 2 saturated heterocycles. The number of nitrogens with zero attached hydrogens (tertiary/aromatic N) is 4. The second kappa shape index (κ2) is 5.97. The van der Waals surface area contributed by atoms with Crippen molar-refractivity contribution in [1.29, 1.82) is 0 Å². The number of hydrogen-bond acceptors (Lipinski definition) is 5. The summed E-state index contributed by atoms with van der Waals surface area (Å²) in [4.78, 5) is 19.1. The van der Waals surface area contributed by atoms with Gasteiger partial charge >= 0.3 is 0 Å². The van der Waals surface area contributed by atoms with Crippen LogP contribution in [0.5, 0.6) is 0 Å². The molecule has 1 N–H and O–H groups in total. The van der Waals surface area contributed by atoms with E-state index in [4.69, 9.17) is 0 Å². The molecule has 1 spiro atoms. The molecule has 1 unspecified atom stereocenters. The highest BCUT2D eigenvalue weighted by molar-refractivity contribution is 7.09. The molecule has 0 radical (unpaired) electrons. The van der Waals surface area contributed by atoms with Crippen LogP contribution in [0.3, 0.4) is 0 Å². The molecule has 2 aromatic heterocycles. The molecule has 0 aliphatic carbocycles. The summed E-state index contributed by atoms with van der Waals surface area (Å²) in [5.74, 6) is 0.412. The van der Waals surface area contributed by atoms with Crippen LogP contribution in [-0.4, -0.2) is 44.2 Å². The summed E-state index contributed by atoms with van der Waals surface area (Å²) in [5.41, 5.74) is 2.24. The third-order valence-corrected chi connectivity index (χ3v) is 6.19. The molecular formula is C17H23N5OS. The van der Waals surface area contributed by atoms with Crippen molar-refractivity contribution in [2.45, 2.75) is 44.2 Å². The summed E-state index contributed by atoms with van der Waals surface area (Å²) in [6.07, 6.45) is 6.52. The average molecular weight is 345 g/mol. The Morgan fingerprint density at radius 1 is 1.42 bits per heavy atom. The Balaban J connectivity index is 1.47. The van der Waals surface area contributed by atoms with Gasteiger partial charge in [-0.1, -0.05) is 0 Å². The molecule has 4 heterocycles. The van der Waals surface area contributed by atoms with Gasteiger partial charge in [-0.25, -0.2) is 4.98 Å². The molecular weight excluding hydrogens is 322 g/mol. The number of nitrogens with one attached hydrogen (secondary N) is 1. The second-order valence-corrected chi connectivity index (χ2v) is 8.10. The maximum absolute atomic E-state index is 12.1. The predicted molar refractivity (Wildman–Crippen MR) is 92.8 cm³/mol. The fourth-order valence-corrected chi connectivity index (χ4v) is 4.75. The highest BCUT2D eigenvalue weighted by atomic mass is 32.1. The van der Waals surface area contributed by atoms with E-state index in [9.17, 15) is 4.79 Å². The lowest BCUT2D eigenvalue weighted by atomic mass is 9.75. The molecule has 7 heteroatoms. The number of amides is 1. The van der Waals surface area contributed by atoms with Crippen LogP contribution in [0, 0.1) is 6.92 Å². The van der Waals surface area contributed by atoms with Crippen LogP contribution in [-0.2, 0) is 18.4 Å². The molecule has 24 heavy (non-hydrogen) atoms. The van der Waals surface area contributed by atoms with Crippen LogP contribution in [0.25, 0.3) is 0 Å². The van der Waals surface area contributed by atoms with Crippen molar-refractivity contribution >= 4 is 17.2 Å². The quantitative estimate of drug-likeness (QED) is 0.922. The first-order valence-electron chi connectivity index (χ1n) is 8.47. The highest BCUT2D eigenvalue weighted by Gasteiger charge is 2.49. The normalized spacial score (nSPS) is 23.8. The lowest BCUT2D eigenvalue weighted by Crippen LogP contribution is -2.53. The van der Waals surface area contributed by atoms with Crippen LogP contribution in [0.4, 0.5) is 0 Å². The summed E-state index contributed by atoms with van der Waals surface area (Å²) >= 11 is 1.71. The van der Waals surface area contributed by atoms with Crippen molar-refractivity contribution in [3.8, 4) is 0 Å². The van der Waals surface area contributed by atoms with Gasteiger partial charge in [0, 0.05) is 56.1 Å². The van der Waals surface area contributed by atoms with Gasteiger partial charge in [-0.3, -0.25) is 14.4 Å². The molecule has 0 bridgehead atoms. The van der Waals surface area contributed by atoms with Gasteiger partial charge in [-0.2, -0.15) is 5.10 Å². The predicted octanol–water partition coefficient (Wildman–Crippen LogP) is 1.82. The van der Waals surface area contributed by atoms with Gasteiger partial charge in [0.15, 0.2) is 0 Å². The standard InChI is InChI=1S/C17H23N5OS/c1-12-19-14(11-24-12)10-22-5-3-17(4-6-22)15(7-16(23)20-17)13-8-18-21(2)9-13/h8-9,11,15H,3-7,10H2,1-2H3,(H,20,23). The molecule has 6 nitrogen and oxygen atoms in total. The van der Waals surface area contributed by atoms with Gasteiger partial charge in [0.1, 0.15) is 0 Å². The van der Waals surface area contributed by atoms with Gasteiger partial charge in [-0.05, 0) is 25.3 Å². The van der Waals surface area contributed by atoms with Crippen molar-refractivity contribution in [3.63, 3.8) is 0 Å². The van der Waals surface area contributed by atoms with Gasteiger partial charge in [0.25, 0.3) is 0 Å². The summed E-state index contributed by atoms with van der Waals surface area (Å²) in [6, 6.07) is 0. The van der Waals surface area contributed by atoms with Crippen molar-refractivity contribution in [3.05, 3.63) is 34.0 Å². The minimum absolute atomic E-state index is 0.103. The molecule has 1 amide bonds. The van der Waals surface area contributed by atoms with Crippen molar-refractivity contribution in [2.75, 3.05) is 13.1 Å². The first kappa shape index (κ1) is 15.8. The maximum atomic E-state index is 12.1. The van der Waals surface area contributed by atoms with Gasteiger partial charge in [0.05, 0.1) is 16.9 Å². The number of thiazole rings is 1. The Hall–Kier alpha value is -1.73. The fraction of sp³-hybridized carbons (Fsp3) is 0.588. The van der Waals surface area contributed by atoms with E-state index in [0.717, 1.165) is 43.2 Å². The average Bonchev–Trinajstić information content (AvgIpc) is 3.22. The number of carbonyl (C=O) groups excluding carboxylic acids is 1. The monoisotopic (exact) mass is 345 g/mol. The number of likely N-dealkylation sites (tertiary alicyclic amines) is 1. The first-order chi connectivity index (χ1) is 11.5. The molecule has 0 saturated carbocycles. The number of carbonyl (C=O) groups is 1. The van der Waals surface area contributed by atoms with E-state index in [-0.39, 0.29) is 17.4 Å². The molecule has 4 rings (SSSR count). The molecule has 2 fully saturated rings. The Bertz CT molecular complexity index is 744. The fourth-order valence-electron chi connectivity index (χ4n) is 4.15. The maximum Gasteiger partial charge on any atom is 0.221 e. The largest absolute Gasteiger partial charge is 0.350 e. The zero-order chi connectivity index (χ0) is 16.7. The van der Waals surface area contributed by atoms with E-state index < -0.39 is 0 Å². The highest BCUT2D eigenvalue weighted by Crippen LogP contribution is 2.43. The Labute approximate surface area is 145 Å². The Morgan fingerprint density at radius 3 is 2.83 bits per heavy atom. The summed E-state index contributed by atoms with van der Waals surface area (Å²) in [7, 11) is 1.93. The van der Waals surface area contributed by atoms with E-state index in [0.29, 0.717) is 6.42 Å². The number of rotatable bonds is 3. The van der Waals surface area contributed by atoms with Crippen molar-refractivity contribution in [1.82, 2.24) is 25.0 Å². The van der Waals surface area contributed by atoms with E-state index in [1.807, 2.05) is 24.9 Å². The van der Waals surface area contributed by atoms with Crippen LogP contribution in [0.15, 0.2) is 17.8 Å². The zero-order valence-electron chi connectivity index (χ0n) is 14.2. The first-order valence-corrected chi connectivity index (χ1v) is 9.35. The third kappa shape index (κ3) is 2.86. The SMILES string of the molecule is Cc1nc(CN2CCC3(CC2)NC(=O)CC3c2cnn(C)c2)cs1. The summed E-state index contributed by atoms with van der Waals surface area (Å²) < 4.78 is 1.82. The van der Waals surface area contributed by atoms with Crippen LogP contribution in [0.1, 0.15) is 41.4 Å². The smallest absolute Gasteiger partial charge is 0.221 e. The van der Waals surface area contributed by atoms with E-state index in [2.05, 4.69) is 31.9 Å². The molecule has 2 aliphatic heterocycles. The minimum atomic E-state index is -0.103. The van der Waals surface area contributed by atoms with E-state index >= 15 is 0 Å². The number of piperidine rings is 1. The molecule has 0 aromatic carbocycles. The van der Waals surface area contributed by atoms with Crippen molar-refractivity contribution < 1.29 is 4.79 Å². The lowest BCUT2D eigenvalue weighted by molar-refractivity contribution is -0.120. The molecule has 2 aromatic rings. The Kier molecular flexibility index (Phi) is 3.92. The topological polar surface area (TPSA) is 63.1 Å². The minimum Gasteiger partial charge on any atom is -0.350 e. The van der Waals surface area contributed by atoms with Crippen LogP contribution >= 0.6 is 11.3 Å². The van der Waals surface area contributed by atoms with Gasteiger partial charge in [0.2, 0.25) is 5.91 Å². The van der Waals surface area contributed by atoms with Gasteiger partial charge in [-0.15, -0.1) is 11.3 Å². The summed E-state index contributed by atoms with van der Waals surface area (Å²) in [5, 5.41) is 10.9. The molecule has 2 aliphatic rings. The molecule has 128 valence electrons. The molecule has 1 atom stereocenters. The zero-order valence-corrected chi connectivity index (χ0v) is 15.0. The van der Waals surface area contributed by atoms with Crippen molar-refractivity contribution in [2.24, 2.45) is 7.05 Å². The lowest BCUT2D eigenvalue weighted by Gasteiger charge is -2.42. The second-order valence-electron chi connectivity index (χ2n) is 7.04.